The molecule has 1 unspecified atom stereocenters. The maximum Gasteiger partial charge on any atom is 0.299 e. The van der Waals surface area contributed by atoms with E-state index in [0.717, 1.165) is 43.8 Å². The molecule has 7 rings (SSSR count). The average Bonchev–Trinajstić information content (AvgIpc) is 2.96. The van der Waals surface area contributed by atoms with Gasteiger partial charge in [0.1, 0.15) is 11.5 Å². The number of benzene rings is 5. The Morgan fingerprint density at radius 3 is 1.79 bits per heavy atom. The molecule has 5 aromatic rings. The highest BCUT2D eigenvalue weighted by Gasteiger charge is 2.43. The Balaban J connectivity index is 1.40. The normalized spacial score (nSPS) is 17.2. The van der Waals surface area contributed by atoms with Gasteiger partial charge in [-0.15, -0.1) is 0 Å². The Morgan fingerprint density at radius 1 is 0.641 bits per heavy atom. The molecule has 8 nitrogen and oxygen atoms in total. The van der Waals surface area contributed by atoms with Crippen LogP contribution in [0.1, 0.15) is 16.7 Å². The van der Waals surface area contributed by atoms with Gasteiger partial charge in [0.25, 0.3) is 17.2 Å². The molecular weight excluding hydrogens is 496 g/mol. The molecule has 2 heterocycles. The summed E-state index contributed by atoms with van der Waals surface area (Å²) in [5, 5.41) is 25.7. The molecule has 0 saturated carbocycles. The van der Waals surface area contributed by atoms with Crippen LogP contribution in [0, 0.1) is 20.2 Å². The summed E-state index contributed by atoms with van der Waals surface area (Å²) in [7, 11) is 0. The van der Waals surface area contributed by atoms with E-state index in [1.54, 1.807) is 48.5 Å². The summed E-state index contributed by atoms with van der Waals surface area (Å²) in [6.45, 7) is 0. The van der Waals surface area contributed by atoms with Crippen molar-refractivity contribution in [3.8, 4) is 11.5 Å². The second-order valence-electron chi connectivity index (χ2n) is 9.41. The lowest BCUT2D eigenvalue weighted by molar-refractivity contribution is -0.384. The molecule has 0 radical (unpaired) electrons. The highest BCUT2D eigenvalue weighted by atomic mass is 16.7. The van der Waals surface area contributed by atoms with Crippen LogP contribution in [-0.4, -0.2) is 15.6 Å². The van der Waals surface area contributed by atoms with Crippen molar-refractivity contribution in [2.24, 2.45) is 0 Å². The van der Waals surface area contributed by atoms with Crippen LogP contribution in [0.25, 0.3) is 39.3 Å². The molecule has 5 aromatic carbocycles. The minimum absolute atomic E-state index is 0.0237. The average molecular weight is 514 g/mol. The molecule has 0 N–H and O–H groups in total. The van der Waals surface area contributed by atoms with Crippen molar-refractivity contribution >= 4 is 50.6 Å². The quantitative estimate of drug-likeness (QED) is 0.182. The van der Waals surface area contributed by atoms with E-state index in [4.69, 9.17) is 9.47 Å². The van der Waals surface area contributed by atoms with Crippen molar-refractivity contribution in [3.63, 3.8) is 0 Å². The van der Waals surface area contributed by atoms with Gasteiger partial charge >= 0.3 is 0 Å². The topological polar surface area (TPSA) is 105 Å². The first-order valence-electron chi connectivity index (χ1n) is 12.2. The maximum atomic E-state index is 11.3. The zero-order valence-corrected chi connectivity index (χ0v) is 20.2. The largest absolute Gasteiger partial charge is 0.444 e. The van der Waals surface area contributed by atoms with Crippen molar-refractivity contribution in [2.45, 2.75) is 5.79 Å². The number of ether oxygens (including phenoxy) is 2. The number of non-ortho nitro benzene ring substituents is 2. The third kappa shape index (κ3) is 3.53. The first-order chi connectivity index (χ1) is 18.9. The molecular formula is C31H18N2O6. The minimum Gasteiger partial charge on any atom is -0.444 e. The molecule has 8 heteroatoms. The fourth-order valence-corrected chi connectivity index (χ4v) is 5.32. The fourth-order valence-electron chi connectivity index (χ4n) is 5.32. The van der Waals surface area contributed by atoms with Gasteiger partial charge in [-0.1, -0.05) is 42.5 Å². The number of hydrogen-bond donors (Lipinski definition) is 0. The molecule has 0 aliphatic carbocycles. The van der Waals surface area contributed by atoms with E-state index in [9.17, 15) is 20.2 Å². The zero-order valence-electron chi connectivity index (χ0n) is 20.2. The summed E-state index contributed by atoms with van der Waals surface area (Å²) in [4.78, 5) is 21.7. The predicted octanol–water partition coefficient (Wildman–Crippen LogP) is 7.54. The van der Waals surface area contributed by atoms with Crippen molar-refractivity contribution in [1.82, 2.24) is 0 Å². The highest BCUT2D eigenvalue weighted by Crippen LogP contribution is 2.48. The van der Waals surface area contributed by atoms with Crippen molar-refractivity contribution in [2.75, 3.05) is 0 Å². The Hall–Kier alpha value is -5.50. The van der Waals surface area contributed by atoms with Crippen LogP contribution in [0.5, 0.6) is 11.5 Å². The third-order valence-electron chi connectivity index (χ3n) is 7.17. The summed E-state index contributed by atoms with van der Waals surface area (Å²) < 4.78 is 13.3. The second-order valence-corrected chi connectivity index (χ2v) is 9.41. The Morgan fingerprint density at radius 2 is 1.21 bits per heavy atom. The smallest absolute Gasteiger partial charge is 0.299 e. The zero-order chi connectivity index (χ0) is 26.7. The van der Waals surface area contributed by atoms with Crippen LogP contribution in [0.15, 0.2) is 97.1 Å². The summed E-state index contributed by atoms with van der Waals surface area (Å²) in [5.74, 6) is -0.106. The number of hydrogen-bond acceptors (Lipinski definition) is 6. The molecule has 1 atom stereocenters. The van der Waals surface area contributed by atoms with Crippen LogP contribution >= 0.6 is 0 Å². The van der Waals surface area contributed by atoms with Gasteiger partial charge in [0.05, 0.1) is 9.85 Å². The molecule has 1 spiro atoms. The highest BCUT2D eigenvalue weighted by molar-refractivity contribution is 6.02. The second kappa shape index (κ2) is 8.26. The van der Waals surface area contributed by atoms with Gasteiger partial charge in [-0.2, -0.15) is 0 Å². The molecule has 0 amide bonds. The van der Waals surface area contributed by atoms with Crippen molar-refractivity contribution in [3.05, 3.63) is 134 Å². The van der Waals surface area contributed by atoms with Gasteiger partial charge in [-0.05, 0) is 63.5 Å². The van der Waals surface area contributed by atoms with E-state index in [0.29, 0.717) is 11.5 Å². The van der Waals surface area contributed by atoms with E-state index in [-0.39, 0.29) is 11.4 Å². The van der Waals surface area contributed by atoms with E-state index in [1.807, 2.05) is 48.6 Å². The SMILES string of the molecule is O=[N+]([O-])c1ccc2c3c(ccc2c1)OC1(C=C3)Oc2ccc3cc([N+](=O)[O-])ccc3c2C=C1c1ccccc1. The predicted molar refractivity (Wildman–Crippen MR) is 149 cm³/mol. The van der Waals surface area contributed by atoms with Crippen LogP contribution in [0.4, 0.5) is 11.4 Å². The molecule has 2 aliphatic heterocycles. The maximum absolute atomic E-state index is 11.3. The Kier molecular flexibility index (Phi) is 4.80. The molecule has 2 aliphatic rings. The lowest BCUT2D eigenvalue weighted by Crippen LogP contribution is -2.44. The number of nitro benzene ring substituents is 2. The monoisotopic (exact) mass is 514 g/mol. The first kappa shape index (κ1) is 22.7. The van der Waals surface area contributed by atoms with Gasteiger partial charge in [0.15, 0.2) is 0 Å². The number of fused-ring (bicyclic) bond motifs is 6. The van der Waals surface area contributed by atoms with Gasteiger partial charge < -0.3 is 9.47 Å². The fraction of sp³-hybridized carbons (Fsp3) is 0.0323. The van der Waals surface area contributed by atoms with Gasteiger partial charge in [-0.25, -0.2) is 0 Å². The van der Waals surface area contributed by atoms with E-state index < -0.39 is 15.6 Å². The van der Waals surface area contributed by atoms with E-state index in [1.165, 1.54) is 12.1 Å². The van der Waals surface area contributed by atoms with E-state index >= 15 is 0 Å². The van der Waals surface area contributed by atoms with Crippen LogP contribution < -0.4 is 9.47 Å². The number of nitro groups is 2. The third-order valence-corrected chi connectivity index (χ3v) is 7.17. The molecule has 188 valence electrons. The molecule has 0 fully saturated rings. The standard InChI is InChI=1S/C31H18N2O6/c34-32(35)22-8-10-24-20(16-22)6-12-29-26(24)14-15-31(38-29)28(19-4-2-1-3-5-19)18-27-25-11-9-23(33(36)37)17-21(25)7-13-30(27)39-31/h1-18H. The van der Waals surface area contributed by atoms with Crippen LogP contribution in [-0.2, 0) is 0 Å². The summed E-state index contributed by atoms with van der Waals surface area (Å²) in [6, 6.07) is 26.5. The van der Waals surface area contributed by atoms with Gasteiger partial charge in [0, 0.05) is 47.0 Å². The summed E-state index contributed by atoms with van der Waals surface area (Å²) >= 11 is 0. The summed E-state index contributed by atoms with van der Waals surface area (Å²) in [6.07, 6.45) is 5.80. The van der Waals surface area contributed by atoms with Crippen molar-refractivity contribution in [1.29, 1.82) is 0 Å². The summed E-state index contributed by atoms with van der Waals surface area (Å²) in [5.41, 5.74) is 3.33. The first-order valence-corrected chi connectivity index (χ1v) is 12.2. The van der Waals surface area contributed by atoms with Crippen LogP contribution in [0.2, 0.25) is 0 Å². The molecule has 0 bridgehead atoms. The Labute approximate surface area is 221 Å². The van der Waals surface area contributed by atoms with Gasteiger partial charge in [0.2, 0.25) is 0 Å². The molecule has 0 saturated heterocycles. The van der Waals surface area contributed by atoms with E-state index in [2.05, 4.69) is 0 Å². The lowest BCUT2D eigenvalue weighted by atomic mass is 9.88. The molecule has 39 heavy (non-hydrogen) atoms. The van der Waals surface area contributed by atoms with Crippen molar-refractivity contribution < 1.29 is 19.3 Å². The molecule has 0 aromatic heterocycles. The number of nitrogens with zero attached hydrogens (tertiary/aromatic N) is 2. The Bertz CT molecular complexity index is 1930. The number of rotatable bonds is 3. The van der Waals surface area contributed by atoms with Gasteiger partial charge in [-0.3, -0.25) is 20.2 Å². The van der Waals surface area contributed by atoms with Crippen LogP contribution in [0.3, 0.4) is 0 Å². The lowest BCUT2D eigenvalue weighted by Gasteiger charge is -2.40. The minimum atomic E-state index is -1.27.